The number of hydrogen-bond donors (Lipinski definition) is 2. The van der Waals surface area contributed by atoms with Crippen LogP contribution in [0.1, 0.15) is 27.2 Å². The Morgan fingerprint density at radius 1 is 1.50 bits per heavy atom. The van der Waals surface area contributed by atoms with E-state index in [9.17, 15) is 0 Å². The summed E-state index contributed by atoms with van der Waals surface area (Å²) in [5.41, 5.74) is 5.45. The van der Waals surface area contributed by atoms with Crippen LogP contribution in [0.3, 0.4) is 0 Å². The molecule has 3 nitrogen and oxygen atoms in total. The molecule has 0 aromatic rings. The molecular weight excluding hydrogens is 152 g/mol. The molecule has 0 aromatic carbocycles. The summed E-state index contributed by atoms with van der Waals surface area (Å²) in [5.74, 6) is 0. The maximum Gasteiger partial charge on any atom is 0.0610 e. The predicted molar refractivity (Wildman–Crippen MR) is 52.1 cm³/mol. The van der Waals surface area contributed by atoms with Crippen LogP contribution in [0.25, 0.3) is 0 Å². The highest BCUT2D eigenvalue weighted by molar-refractivity contribution is 4.83. The second-order valence-electron chi connectivity index (χ2n) is 3.88. The third-order valence-electron chi connectivity index (χ3n) is 2.63. The Bertz CT molecular complexity index is 122. The van der Waals surface area contributed by atoms with Crippen molar-refractivity contribution in [2.45, 2.75) is 38.8 Å². The van der Waals surface area contributed by atoms with Gasteiger partial charge in [-0.25, -0.2) is 0 Å². The molecule has 0 rings (SSSR count). The molecule has 0 bridgehead atoms. The fourth-order valence-corrected chi connectivity index (χ4v) is 1.20. The fourth-order valence-electron chi connectivity index (χ4n) is 1.20. The summed E-state index contributed by atoms with van der Waals surface area (Å²) < 4.78 is 0. The van der Waals surface area contributed by atoms with Gasteiger partial charge in [0, 0.05) is 18.1 Å². The van der Waals surface area contributed by atoms with Crippen molar-refractivity contribution in [3.63, 3.8) is 0 Å². The Kier molecular flexibility index (Phi) is 4.75. The van der Waals surface area contributed by atoms with E-state index in [0.29, 0.717) is 12.6 Å². The number of nitrogens with two attached hydrogens (primary N) is 1. The smallest absolute Gasteiger partial charge is 0.0610 e. The quantitative estimate of drug-likeness (QED) is 0.635. The zero-order valence-electron chi connectivity index (χ0n) is 8.67. The van der Waals surface area contributed by atoms with Crippen LogP contribution < -0.4 is 5.73 Å². The van der Waals surface area contributed by atoms with Gasteiger partial charge in [0.05, 0.1) is 6.61 Å². The lowest BCUT2D eigenvalue weighted by atomic mass is 10.0. The fraction of sp³-hybridized carbons (Fsp3) is 1.00. The van der Waals surface area contributed by atoms with E-state index in [1.54, 1.807) is 0 Å². The summed E-state index contributed by atoms with van der Waals surface area (Å²) in [7, 11) is 2.01. The molecule has 0 aliphatic carbocycles. The van der Waals surface area contributed by atoms with Crippen molar-refractivity contribution in [2.75, 3.05) is 20.2 Å². The van der Waals surface area contributed by atoms with Crippen LogP contribution >= 0.6 is 0 Å². The Morgan fingerprint density at radius 2 is 2.00 bits per heavy atom. The molecule has 0 aliphatic rings. The van der Waals surface area contributed by atoms with Gasteiger partial charge in [-0.05, 0) is 27.3 Å². The van der Waals surface area contributed by atoms with Crippen molar-refractivity contribution in [2.24, 2.45) is 5.73 Å². The van der Waals surface area contributed by atoms with Crippen molar-refractivity contribution in [1.82, 2.24) is 4.90 Å². The third kappa shape index (κ3) is 2.73. The van der Waals surface area contributed by atoms with Crippen LogP contribution in [0.15, 0.2) is 0 Å². The molecule has 12 heavy (non-hydrogen) atoms. The lowest BCUT2D eigenvalue weighted by molar-refractivity contribution is 0.0462. The Balaban J connectivity index is 4.23. The van der Waals surface area contributed by atoms with Crippen LogP contribution in [-0.2, 0) is 0 Å². The molecular formula is C9H22N2O. The molecule has 74 valence electrons. The number of hydrogen-bond acceptors (Lipinski definition) is 3. The predicted octanol–water partition coefficient (Wildman–Crippen LogP) is 0.426. The van der Waals surface area contributed by atoms with E-state index in [4.69, 9.17) is 10.8 Å². The standard InChI is InChI=1S/C9H22N2O/c1-5-8(6-10)11(4)9(2,3)7-12/h8,12H,5-7,10H2,1-4H3. The van der Waals surface area contributed by atoms with Gasteiger partial charge in [0.25, 0.3) is 0 Å². The number of aliphatic hydroxyl groups is 1. The molecule has 1 unspecified atom stereocenters. The highest BCUT2D eigenvalue weighted by Crippen LogP contribution is 2.15. The van der Waals surface area contributed by atoms with Crippen molar-refractivity contribution in [1.29, 1.82) is 0 Å². The van der Waals surface area contributed by atoms with Gasteiger partial charge in [-0.1, -0.05) is 6.92 Å². The number of aliphatic hydroxyl groups excluding tert-OH is 1. The minimum absolute atomic E-state index is 0.167. The molecule has 3 heteroatoms. The van der Waals surface area contributed by atoms with Gasteiger partial charge in [-0.3, -0.25) is 4.90 Å². The van der Waals surface area contributed by atoms with Gasteiger partial charge in [-0.2, -0.15) is 0 Å². The molecule has 0 saturated carbocycles. The maximum atomic E-state index is 9.12. The molecule has 0 aromatic heterocycles. The highest BCUT2D eigenvalue weighted by atomic mass is 16.3. The lowest BCUT2D eigenvalue weighted by Crippen LogP contribution is -2.52. The largest absolute Gasteiger partial charge is 0.394 e. The van der Waals surface area contributed by atoms with Crippen molar-refractivity contribution in [3.05, 3.63) is 0 Å². The van der Waals surface area contributed by atoms with E-state index in [1.807, 2.05) is 20.9 Å². The molecule has 0 spiro atoms. The van der Waals surface area contributed by atoms with Crippen LogP contribution in [0.4, 0.5) is 0 Å². The molecule has 0 aliphatic heterocycles. The molecule has 0 heterocycles. The normalized spacial score (nSPS) is 15.2. The van der Waals surface area contributed by atoms with Gasteiger partial charge < -0.3 is 10.8 Å². The summed E-state index contributed by atoms with van der Waals surface area (Å²) in [6.45, 7) is 6.97. The summed E-state index contributed by atoms with van der Waals surface area (Å²) in [6, 6.07) is 0.368. The molecule has 3 N–H and O–H groups in total. The topological polar surface area (TPSA) is 49.5 Å². The number of nitrogens with zero attached hydrogens (tertiary/aromatic N) is 1. The molecule has 0 fully saturated rings. The monoisotopic (exact) mass is 174 g/mol. The first-order valence-electron chi connectivity index (χ1n) is 4.53. The van der Waals surface area contributed by atoms with E-state index in [2.05, 4.69) is 11.8 Å². The molecule has 0 radical (unpaired) electrons. The average Bonchev–Trinajstić information content (AvgIpc) is 2.06. The van der Waals surface area contributed by atoms with Gasteiger partial charge in [0.15, 0.2) is 0 Å². The molecule has 1 atom stereocenters. The molecule has 0 saturated heterocycles. The lowest BCUT2D eigenvalue weighted by Gasteiger charge is -2.39. The summed E-state index contributed by atoms with van der Waals surface area (Å²) in [6.07, 6.45) is 1.02. The van der Waals surface area contributed by atoms with E-state index < -0.39 is 0 Å². The molecule has 0 amide bonds. The SMILES string of the molecule is CCC(CN)N(C)C(C)(C)CO. The van der Waals surface area contributed by atoms with Crippen LogP contribution in [0.2, 0.25) is 0 Å². The summed E-state index contributed by atoms with van der Waals surface area (Å²) in [4.78, 5) is 2.15. The van der Waals surface area contributed by atoms with Gasteiger partial charge in [0.2, 0.25) is 0 Å². The van der Waals surface area contributed by atoms with E-state index >= 15 is 0 Å². The van der Waals surface area contributed by atoms with Crippen molar-refractivity contribution >= 4 is 0 Å². The van der Waals surface area contributed by atoms with E-state index in [1.165, 1.54) is 0 Å². The first-order valence-corrected chi connectivity index (χ1v) is 4.53. The summed E-state index contributed by atoms with van der Waals surface area (Å²) >= 11 is 0. The zero-order chi connectivity index (χ0) is 9.78. The summed E-state index contributed by atoms with van der Waals surface area (Å²) in [5, 5.41) is 9.12. The second kappa shape index (κ2) is 4.80. The average molecular weight is 174 g/mol. The minimum atomic E-state index is -0.167. The third-order valence-corrected chi connectivity index (χ3v) is 2.63. The highest BCUT2D eigenvalue weighted by Gasteiger charge is 2.26. The number of likely N-dealkylation sites (N-methyl/N-ethyl adjacent to an activating group) is 1. The van der Waals surface area contributed by atoms with Gasteiger partial charge in [0.1, 0.15) is 0 Å². The van der Waals surface area contributed by atoms with E-state index in [-0.39, 0.29) is 12.1 Å². The minimum Gasteiger partial charge on any atom is -0.394 e. The number of rotatable bonds is 5. The first kappa shape index (κ1) is 11.9. The Hall–Kier alpha value is -0.120. The van der Waals surface area contributed by atoms with Gasteiger partial charge in [-0.15, -0.1) is 0 Å². The van der Waals surface area contributed by atoms with Crippen LogP contribution in [-0.4, -0.2) is 41.8 Å². The van der Waals surface area contributed by atoms with Crippen molar-refractivity contribution in [3.8, 4) is 0 Å². The Labute approximate surface area is 75.6 Å². The van der Waals surface area contributed by atoms with Gasteiger partial charge >= 0.3 is 0 Å². The van der Waals surface area contributed by atoms with Crippen LogP contribution in [0.5, 0.6) is 0 Å². The first-order chi connectivity index (χ1) is 5.49. The maximum absolute atomic E-state index is 9.12. The van der Waals surface area contributed by atoms with E-state index in [0.717, 1.165) is 6.42 Å². The van der Waals surface area contributed by atoms with Crippen molar-refractivity contribution < 1.29 is 5.11 Å². The Morgan fingerprint density at radius 3 is 2.25 bits per heavy atom. The second-order valence-corrected chi connectivity index (χ2v) is 3.88. The van der Waals surface area contributed by atoms with Crippen LogP contribution in [0, 0.1) is 0 Å². The zero-order valence-corrected chi connectivity index (χ0v) is 8.67.